The number of rotatable bonds is 1. The molecule has 0 bridgehead atoms. The van der Waals surface area contributed by atoms with Crippen LogP contribution in [-0.2, 0) is 0 Å². The Bertz CT molecular complexity index is 323. The molecule has 0 atom stereocenters. The molecule has 1 rings (SSSR count). The number of nitrogens with two attached hydrogens (primary N) is 1. The first-order valence-corrected chi connectivity index (χ1v) is 3.27. The number of hydrogen-bond acceptors (Lipinski definition) is 1. The fourth-order valence-corrected chi connectivity index (χ4v) is 0.703. The molecule has 0 aliphatic heterocycles. The molecule has 0 amide bonds. The average Bonchev–Trinajstić information content (AvgIpc) is 2.06. The van der Waals surface area contributed by atoms with E-state index in [-0.39, 0.29) is 5.96 Å². The quantitative estimate of drug-likeness (QED) is 0.220. The monoisotopic (exact) mass is 161 g/mol. The molecule has 0 heterocycles. The maximum absolute atomic E-state index is 8.01. The normalized spacial score (nSPS) is 10.5. The molecule has 0 unspecified atom stereocenters. The Morgan fingerprint density at radius 2 is 2.00 bits per heavy atom. The highest BCUT2D eigenvalue weighted by Gasteiger charge is 1.87. The van der Waals surface area contributed by atoms with E-state index < -0.39 is 0 Å². The van der Waals surface area contributed by atoms with Crippen LogP contribution in [0.4, 0.5) is 5.69 Å². The molecule has 5 heteroatoms. The largest absolute Gasteiger partial charge is 0.382 e. The van der Waals surface area contributed by atoms with Crippen molar-refractivity contribution in [2.24, 2.45) is 15.8 Å². The Morgan fingerprint density at radius 1 is 1.33 bits per heavy atom. The van der Waals surface area contributed by atoms with Crippen molar-refractivity contribution in [2.75, 3.05) is 0 Å². The summed E-state index contributed by atoms with van der Waals surface area (Å²) in [5.74, 6) is -0.0799. The summed E-state index contributed by atoms with van der Waals surface area (Å²) < 4.78 is 0. The highest BCUT2D eigenvalue weighted by molar-refractivity contribution is 5.81. The summed E-state index contributed by atoms with van der Waals surface area (Å²) in [6, 6.07) is 9.03. The van der Waals surface area contributed by atoms with E-state index in [4.69, 9.17) is 11.3 Å². The van der Waals surface area contributed by atoms with Crippen molar-refractivity contribution in [1.82, 2.24) is 0 Å². The van der Waals surface area contributed by atoms with Crippen molar-refractivity contribution in [2.45, 2.75) is 0 Å². The van der Waals surface area contributed by atoms with Crippen molar-refractivity contribution >= 4 is 11.6 Å². The number of guanidine groups is 1. The molecule has 0 aliphatic carbocycles. The number of hydrogen-bond donors (Lipinski definition) is 1. The van der Waals surface area contributed by atoms with Gasteiger partial charge >= 0.3 is 0 Å². The molecule has 12 heavy (non-hydrogen) atoms. The second-order valence-electron chi connectivity index (χ2n) is 1.99. The van der Waals surface area contributed by atoms with Crippen LogP contribution in [0.25, 0.3) is 10.4 Å². The van der Waals surface area contributed by atoms with E-state index in [1.54, 1.807) is 12.1 Å². The number of benzene rings is 1. The van der Waals surface area contributed by atoms with E-state index in [1.165, 1.54) is 0 Å². The van der Waals surface area contributed by atoms with Gasteiger partial charge in [0.2, 0.25) is 0 Å². The SMILES string of the molecule is [N-]=[N+]=NC(N)=Nc1ccccc1. The van der Waals surface area contributed by atoms with E-state index in [1.807, 2.05) is 18.2 Å². The van der Waals surface area contributed by atoms with Gasteiger partial charge in [-0.3, -0.25) is 0 Å². The minimum Gasteiger partial charge on any atom is -0.382 e. The average molecular weight is 161 g/mol. The topological polar surface area (TPSA) is 87.1 Å². The minimum absolute atomic E-state index is 0.0799. The summed E-state index contributed by atoms with van der Waals surface area (Å²) in [6.45, 7) is 0. The highest BCUT2D eigenvalue weighted by Crippen LogP contribution is 2.08. The van der Waals surface area contributed by atoms with E-state index in [0.717, 1.165) is 0 Å². The third kappa shape index (κ3) is 2.32. The van der Waals surface area contributed by atoms with Crippen LogP contribution in [0, 0.1) is 0 Å². The van der Waals surface area contributed by atoms with Gasteiger partial charge in [-0.2, -0.15) is 0 Å². The third-order valence-electron chi connectivity index (χ3n) is 1.15. The molecule has 1 aromatic carbocycles. The molecular formula is C7H7N5. The van der Waals surface area contributed by atoms with Gasteiger partial charge in [0.05, 0.1) is 5.69 Å². The predicted octanol–water partition coefficient (Wildman–Crippen LogP) is 1.94. The fourth-order valence-electron chi connectivity index (χ4n) is 0.703. The Balaban J connectivity index is 2.88. The molecule has 0 saturated carbocycles. The van der Waals surface area contributed by atoms with Crippen molar-refractivity contribution < 1.29 is 0 Å². The highest BCUT2D eigenvalue weighted by atomic mass is 15.2. The fraction of sp³-hybridized carbons (Fsp3) is 0. The molecule has 0 fully saturated rings. The second kappa shape index (κ2) is 4.00. The summed E-state index contributed by atoms with van der Waals surface area (Å²) in [7, 11) is 0. The van der Waals surface area contributed by atoms with Gasteiger partial charge in [0, 0.05) is 4.91 Å². The molecule has 60 valence electrons. The standard InChI is InChI=1S/C7H7N5/c8-7(11-12-9)10-6-4-2-1-3-5-6/h1-5H,(H2,8,10). The van der Waals surface area contributed by atoms with Crippen LogP contribution >= 0.6 is 0 Å². The molecular weight excluding hydrogens is 154 g/mol. The van der Waals surface area contributed by atoms with Crippen molar-refractivity contribution in [1.29, 1.82) is 0 Å². The molecule has 0 spiro atoms. The predicted molar refractivity (Wildman–Crippen MR) is 46.9 cm³/mol. The van der Waals surface area contributed by atoms with Gasteiger partial charge in [0.25, 0.3) is 0 Å². The number of azide groups is 1. The van der Waals surface area contributed by atoms with Gasteiger partial charge in [0.1, 0.15) is 0 Å². The lowest BCUT2D eigenvalue weighted by Crippen LogP contribution is -2.05. The van der Waals surface area contributed by atoms with Crippen LogP contribution in [0.2, 0.25) is 0 Å². The van der Waals surface area contributed by atoms with Crippen LogP contribution in [0.1, 0.15) is 0 Å². The third-order valence-corrected chi connectivity index (χ3v) is 1.15. The number of aliphatic imine (C=N–C) groups is 1. The van der Waals surface area contributed by atoms with Gasteiger partial charge in [-0.25, -0.2) is 4.99 Å². The van der Waals surface area contributed by atoms with Gasteiger partial charge in [0.15, 0.2) is 5.96 Å². The second-order valence-corrected chi connectivity index (χ2v) is 1.99. The zero-order valence-electron chi connectivity index (χ0n) is 6.25. The van der Waals surface area contributed by atoms with Crippen LogP contribution < -0.4 is 5.73 Å². The van der Waals surface area contributed by atoms with Gasteiger partial charge in [-0.15, -0.1) is 0 Å². The summed E-state index contributed by atoms with van der Waals surface area (Å²) in [6.07, 6.45) is 0. The van der Waals surface area contributed by atoms with Gasteiger partial charge < -0.3 is 5.73 Å². The lowest BCUT2D eigenvalue weighted by molar-refractivity contribution is 1.40. The molecule has 0 aliphatic rings. The maximum atomic E-state index is 8.01. The zero-order valence-corrected chi connectivity index (χ0v) is 6.25. The summed E-state index contributed by atoms with van der Waals surface area (Å²) in [5.41, 5.74) is 13.9. The van der Waals surface area contributed by atoms with Crippen molar-refractivity contribution in [3.05, 3.63) is 40.8 Å². The van der Waals surface area contributed by atoms with Gasteiger partial charge in [-0.1, -0.05) is 18.2 Å². The lowest BCUT2D eigenvalue weighted by Gasteiger charge is -1.91. The van der Waals surface area contributed by atoms with E-state index in [9.17, 15) is 0 Å². The Morgan fingerprint density at radius 3 is 2.58 bits per heavy atom. The summed E-state index contributed by atoms with van der Waals surface area (Å²) in [5, 5.41) is 3.13. The van der Waals surface area contributed by atoms with Crippen LogP contribution in [0.15, 0.2) is 40.4 Å². The molecule has 1 aromatic rings. The van der Waals surface area contributed by atoms with Crippen LogP contribution in [0.3, 0.4) is 0 Å². The number of nitrogens with zero attached hydrogens (tertiary/aromatic N) is 4. The van der Waals surface area contributed by atoms with Crippen LogP contribution in [0.5, 0.6) is 0 Å². The molecule has 0 aromatic heterocycles. The Kier molecular flexibility index (Phi) is 2.70. The van der Waals surface area contributed by atoms with E-state index in [0.29, 0.717) is 5.69 Å². The number of para-hydroxylation sites is 1. The van der Waals surface area contributed by atoms with Crippen LogP contribution in [-0.4, -0.2) is 5.96 Å². The van der Waals surface area contributed by atoms with Gasteiger partial charge in [-0.05, 0) is 22.8 Å². The zero-order chi connectivity index (χ0) is 8.81. The minimum atomic E-state index is -0.0799. The maximum Gasteiger partial charge on any atom is 0.188 e. The van der Waals surface area contributed by atoms with E-state index >= 15 is 0 Å². The first-order valence-electron chi connectivity index (χ1n) is 3.27. The van der Waals surface area contributed by atoms with E-state index in [2.05, 4.69) is 15.0 Å². The Labute approximate surface area is 69.2 Å². The summed E-state index contributed by atoms with van der Waals surface area (Å²) >= 11 is 0. The summed E-state index contributed by atoms with van der Waals surface area (Å²) in [4.78, 5) is 6.32. The first-order chi connectivity index (χ1) is 5.83. The Hall–Kier alpha value is -2.00. The first kappa shape index (κ1) is 8.10. The van der Waals surface area contributed by atoms with Crippen molar-refractivity contribution in [3.63, 3.8) is 0 Å². The molecule has 0 saturated heterocycles. The lowest BCUT2D eigenvalue weighted by atomic mass is 10.3. The molecule has 5 nitrogen and oxygen atoms in total. The smallest absolute Gasteiger partial charge is 0.188 e. The molecule has 2 N–H and O–H groups in total. The molecule has 0 radical (unpaired) electrons. The van der Waals surface area contributed by atoms with Crippen molar-refractivity contribution in [3.8, 4) is 0 Å².